The van der Waals surface area contributed by atoms with Crippen molar-refractivity contribution in [2.24, 2.45) is 0 Å². The largest absolute Gasteiger partial charge is 0.469 e. The summed E-state index contributed by atoms with van der Waals surface area (Å²) >= 11 is 0. The number of hydrogen-bond acceptors (Lipinski definition) is 5. The van der Waals surface area contributed by atoms with Crippen molar-refractivity contribution in [3.8, 4) is 5.88 Å². The van der Waals surface area contributed by atoms with Gasteiger partial charge in [-0.25, -0.2) is 4.98 Å². The SMILES string of the molecule is CNc1nc(C(C)C)nc(OCc2ccco2)c1C. The van der Waals surface area contributed by atoms with E-state index in [0.717, 1.165) is 23.0 Å². The molecule has 0 bridgehead atoms. The predicted octanol–water partition coefficient (Wildman–Crippen LogP) is 3.12. The van der Waals surface area contributed by atoms with Crippen molar-refractivity contribution in [3.05, 3.63) is 35.5 Å². The van der Waals surface area contributed by atoms with Crippen LogP contribution >= 0.6 is 0 Å². The molecule has 2 rings (SSSR count). The maximum absolute atomic E-state index is 5.73. The predicted molar refractivity (Wildman–Crippen MR) is 73.4 cm³/mol. The van der Waals surface area contributed by atoms with Crippen molar-refractivity contribution in [2.45, 2.75) is 33.3 Å². The summed E-state index contributed by atoms with van der Waals surface area (Å²) in [6.07, 6.45) is 1.63. The number of furan rings is 1. The minimum absolute atomic E-state index is 0.249. The molecular formula is C14H19N3O2. The highest BCUT2D eigenvalue weighted by Gasteiger charge is 2.13. The van der Waals surface area contributed by atoms with Gasteiger partial charge in [0.05, 0.1) is 11.8 Å². The minimum Gasteiger partial charge on any atom is -0.469 e. The van der Waals surface area contributed by atoms with Crippen LogP contribution in [0.15, 0.2) is 22.8 Å². The van der Waals surface area contributed by atoms with E-state index >= 15 is 0 Å². The van der Waals surface area contributed by atoms with Crippen molar-refractivity contribution >= 4 is 5.82 Å². The van der Waals surface area contributed by atoms with E-state index < -0.39 is 0 Å². The van der Waals surface area contributed by atoms with E-state index in [1.807, 2.05) is 26.1 Å². The zero-order chi connectivity index (χ0) is 13.8. The molecule has 102 valence electrons. The first-order valence-corrected chi connectivity index (χ1v) is 6.33. The molecule has 1 N–H and O–H groups in total. The average Bonchev–Trinajstić information content (AvgIpc) is 2.90. The Morgan fingerprint density at radius 1 is 1.37 bits per heavy atom. The van der Waals surface area contributed by atoms with Crippen LogP contribution in [-0.2, 0) is 6.61 Å². The summed E-state index contributed by atoms with van der Waals surface area (Å²) in [7, 11) is 1.84. The minimum atomic E-state index is 0.249. The van der Waals surface area contributed by atoms with E-state index in [-0.39, 0.29) is 5.92 Å². The molecule has 5 nitrogen and oxygen atoms in total. The Kier molecular flexibility index (Phi) is 4.04. The van der Waals surface area contributed by atoms with Gasteiger partial charge in [0, 0.05) is 13.0 Å². The lowest BCUT2D eigenvalue weighted by molar-refractivity contribution is 0.257. The Labute approximate surface area is 113 Å². The first kappa shape index (κ1) is 13.4. The lowest BCUT2D eigenvalue weighted by atomic mass is 10.2. The van der Waals surface area contributed by atoms with Crippen LogP contribution in [0.2, 0.25) is 0 Å². The summed E-state index contributed by atoms with van der Waals surface area (Å²) in [6.45, 7) is 6.42. The van der Waals surface area contributed by atoms with Crippen LogP contribution in [-0.4, -0.2) is 17.0 Å². The van der Waals surface area contributed by atoms with E-state index in [2.05, 4.69) is 29.1 Å². The Morgan fingerprint density at radius 3 is 2.74 bits per heavy atom. The van der Waals surface area contributed by atoms with Gasteiger partial charge in [-0.2, -0.15) is 4.98 Å². The highest BCUT2D eigenvalue weighted by atomic mass is 16.5. The molecule has 2 aromatic heterocycles. The first-order chi connectivity index (χ1) is 9.11. The standard InChI is InChI=1S/C14H19N3O2/c1-9(2)12-16-13(15-4)10(3)14(17-12)19-8-11-6-5-7-18-11/h5-7,9H,8H2,1-4H3,(H,15,16,17). The quantitative estimate of drug-likeness (QED) is 0.896. The number of anilines is 1. The van der Waals surface area contributed by atoms with Crippen molar-refractivity contribution in [3.63, 3.8) is 0 Å². The van der Waals surface area contributed by atoms with Crippen molar-refractivity contribution in [2.75, 3.05) is 12.4 Å². The summed E-state index contributed by atoms with van der Waals surface area (Å²) in [5.41, 5.74) is 0.901. The van der Waals surface area contributed by atoms with Crippen molar-refractivity contribution in [1.82, 2.24) is 9.97 Å². The summed E-state index contributed by atoms with van der Waals surface area (Å²) < 4.78 is 11.0. The van der Waals surface area contributed by atoms with Crippen LogP contribution in [0.1, 0.15) is 36.9 Å². The Balaban J connectivity index is 2.24. The highest BCUT2D eigenvalue weighted by molar-refractivity contribution is 5.48. The molecule has 0 spiro atoms. The molecule has 2 aromatic rings. The van der Waals surface area contributed by atoms with Crippen molar-refractivity contribution in [1.29, 1.82) is 0 Å². The molecule has 0 aliphatic heterocycles. The molecule has 0 atom stereocenters. The maximum Gasteiger partial charge on any atom is 0.222 e. The van der Waals surface area contributed by atoms with Crippen LogP contribution in [0.4, 0.5) is 5.82 Å². The number of rotatable bonds is 5. The fourth-order valence-electron chi connectivity index (χ4n) is 1.69. The third-order valence-corrected chi connectivity index (χ3v) is 2.80. The van der Waals surface area contributed by atoms with Gasteiger partial charge in [-0.15, -0.1) is 0 Å². The van der Waals surface area contributed by atoms with Gasteiger partial charge in [0.25, 0.3) is 0 Å². The van der Waals surface area contributed by atoms with Gasteiger partial charge in [-0.3, -0.25) is 0 Å². The Hall–Kier alpha value is -2.04. The fraction of sp³-hybridized carbons (Fsp3) is 0.429. The van der Waals surface area contributed by atoms with E-state index in [9.17, 15) is 0 Å². The molecule has 0 radical (unpaired) electrons. The zero-order valence-corrected chi connectivity index (χ0v) is 11.7. The average molecular weight is 261 g/mol. The monoisotopic (exact) mass is 261 g/mol. The van der Waals surface area contributed by atoms with Gasteiger partial charge in [0.15, 0.2) is 0 Å². The Bertz CT molecular complexity index is 536. The third-order valence-electron chi connectivity index (χ3n) is 2.80. The first-order valence-electron chi connectivity index (χ1n) is 6.33. The van der Waals surface area contributed by atoms with Gasteiger partial charge in [0.1, 0.15) is 24.0 Å². The van der Waals surface area contributed by atoms with Crippen LogP contribution in [0, 0.1) is 6.92 Å². The number of hydrogen-bond donors (Lipinski definition) is 1. The van der Waals surface area contributed by atoms with E-state index in [4.69, 9.17) is 9.15 Å². The molecular weight excluding hydrogens is 242 g/mol. The second-order valence-electron chi connectivity index (χ2n) is 4.63. The second kappa shape index (κ2) is 5.73. The zero-order valence-electron chi connectivity index (χ0n) is 11.7. The van der Waals surface area contributed by atoms with Crippen LogP contribution in [0.25, 0.3) is 0 Å². The molecule has 0 fully saturated rings. The normalized spacial score (nSPS) is 10.8. The van der Waals surface area contributed by atoms with Gasteiger partial charge < -0.3 is 14.5 Å². The highest BCUT2D eigenvalue weighted by Crippen LogP contribution is 2.25. The molecule has 0 aliphatic carbocycles. The third kappa shape index (κ3) is 3.05. The van der Waals surface area contributed by atoms with Crippen LogP contribution in [0.3, 0.4) is 0 Å². The smallest absolute Gasteiger partial charge is 0.222 e. The van der Waals surface area contributed by atoms with Gasteiger partial charge >= 0.3 is 0 Å². The molecule has 0 aliphatic rings. The molecule has 0 saturated heterocycles. The Morgan fingerprint density at radius 2 is 2.16 bits per heavy atom. The van der Waals surface area contributed by atoms with Crippen molar-refractivity contribution < 1.29 is 9.15 Å². The summed E-state index contributed by atoms with van der Waals surface area (Å²) in [4.78, 5) is 8.94. The summed E-state index contributed by atoms with van der Waals surface area (Å²) in [5, 5.41) is 3.07. The number of ether oxygens (including phenoxy) is 1. The van der Waals surface area contributed by atoms with Crippen LogP contribution < -0.4 is 10.1 Å². The van der Waals surface area contributed by atoms with E-state index in [0.29, 0.717) is 12.5 Å². The van der Waals surface area contributed by atoms with Crippen LogP contribution in [0.5, 0.6) is 5.88 Å². The topological polar surface area (TPSA) is 60.2 Å². The lowest BCUT2D eigenvalue weighted by Crippen LogP contribution is -2.08. The molecule has 2 heterocycles. The van der Waals surface area contributed by atoms with Gasteiger partial charge in [-0.1, -0.05) is 13.8 Å². The van der Waals surface area contributed by atoms with E-state index in [1.54, 1.807) is 6.26 Å². The summed E-state index contributed by atoms with van der Waals surface area (Å²) in [6, 6.07) is 3.71. The van der Waals surface area contributed by atoms with Gasteiger partial charge in [-0.05, 0) is 19.1 Å². The molecule has 0 saturated carbocycles. The molecule has 0 aromatic carbocycles. The molecule has 19 heavy (non-hydrogen) atoms. The molecule has 0 unspecified atom stereocenters. The molecule has 5 heteroatoms. The lowest BCUT2D eigenvalue weighted by Gasteiger charge is -2.13. The van der Waals surface area contributed by atoms with Gasteiger partial charge in [0.2, 0.25) is 5.88 Å². The summed E-state index contributed by atoms with van der Waals surface area (Å²) in [5.74, 6) is 3.19. The number of nitrogens with zero attached hydrogens (tertiary/aromatic N) is 2. The van der Waals surface area contributed by atoms with E-state index in [1.165, 1.54) is 0 Å². The fourth-order valence-corrected chi connectivity index (χ4v) is 1.69. The number of nitrogens with one attached hydrogen (secondary N) is 1. The second-order valence-corrected chi connectivity index (χ2v) is 4.63. The molecule has 0 amide bonds. The number of aromatic nitrogens is 2. The maximum atomic E-state index is 5.73.